The average molecular weight is 330 g/mol. The third-order valence-corrected chi connectivity index (χ3v) is 4.60. The predicted molar refractivity (Wildman–Crippen MR) is 75.2 cm³/mol. The molecule has 1 amide bonds. The molecule has 19 heavy (non-hydrogen) atoms. The first-order chi connectivity index (χ1) is 9.06. The smallest absolute Gasteiger partial charge is 0.252 e. The summed E-state index contributed by atoms with van der Waals surface area (Å²) in [4.78, 5) is 12.3. The number of carbonyl (C=O) groups is 1. The lowest BCUT2D eigenvalue weighted by Crippen LogP contribution is -2.53. The average Bonchev–Trinajstić information content (AvgIpc) is 2.42. The van der Waals surface area contributed by atoms with E-state index in [9.17, 15) is 9.18 Å². The lowest BCUT2D eigenvalue weighted by atomic mass is 9.91. The molecular formula is C14H17BrFNO2. The van der Waals surface area contributed by atoms with Gasteiger partial charge in [-0.05, 0) is 37.5 Å². The van der Waals surface area contributed by atoms with Crippen LogP contribution in [0.4, 0.5) is 4.39 Å². The molecule has 0 aliphatic carbocycles. The summed E-state index contributed by atoms with van der Waals surface area (Å²) < 4.78 is 18.6. The van der Waals surface area contributed by atoms with Crippen LogP contribution in [0.5, 0.6) is 0 Å². The van der Waals surface area contributed by atoms with Gasteiger partial charge in [0.1, 0.15) is 5.82 Å². The van der Waals surface area contributed by atoms with Crippen molar-refractivity contribution < 1.29 is 13.9 Å². The van der Waals surface area contributed by atoms with Gasteiger partial charge in [-0.25, -0.2) is 4.39 Å². The molecule has 0 saturated carbocycles. The Morgan fingerprint density at radius 3 is 2.79 bits per heavy atom. The first kappa shape index (κ1) is 14.5. The first-order valence-electron chi connectivity index (χ1n) is 6.29. The van der Waals surface area contributed by atoms with Gasteiger partial charge in [-0.2, -0.15) is 0 Å². The van der Waals surface area contributed by atoms with E-state index in [4.69, 9.17) is 4.74 Å². The minimum atomic E-state index is -0.393. The molecule has 5 heteroatoms. The molecule has 1 saturated heterocycles. The molecule has 0 bridgehead atoms. The van der Waals surface area contributed by atoms with Gasteiger partial charge in [0.15, 0.2) is 0 Å². The Labute approximate surface area is 120 Å². The number of ether oxygens (including phenoxy) is 1. The Hall–Kier alpha value is -0.940. The van der Waals surface area contributed by atoms with Crippen molar-refractivity contribution in [3.05, 3.63) is 35.1 Å². The van der Waals surface area contributed by atoms with E-state index in [0.717, 1.165) is 18.4 Å². The Morgan fingerprint density at radius 2 is 2.16 bits per heavy atom. The molecule has 0 spiro atoms. The van der Waals surface area contributed by atoms with Crippen molar-refractivity contribution in [3.63, 3.8) is 0 Å². The molecule has 0 radical (unpaired) electrons. The summed E-state index contributed by atoms with van der Waals surface area (Å²) >= 11 is 3.46. The molecule has 1 aliphatic heterocycles. The van der Waals surface area contributed by atoms with Gasteiger partial charge in [-0.1, -0.05) is 22.0 Å². The minimum absolute atomic E-state index is 0.224. The third kappa shape index (κ3) is 3.34. The minimum Gasteiger partial charge on any atom is -0.381 e. The summed E-state index contributed by atoms with van der Waals surface area (Å²) in [6, 6.07) is 4.27. The van der Waals surface area contributed by atoms with E-state index in [0.29, 0.717) is 24.1 Å². The maximum Gasteiger partial charge on any atom is 0.252 e. The normalized spacial score (nSPS) is 18.1. The predicted octanol–water partition coefficient (Wildman–Crippen LogP) is 2.81. The second-order valence-corrected chi connectivity index (χ2v) is 5.50. The van der Waals surface area contributed by atoms with Gasteiger partial charge in [0.25, 0.3) is 5.91 Å². The quantitative estimate of drug-likeness (QED) is 0.866. The van der Waals surface area contributed by atoms with Crippen molar-refractivity contribution in [2.75, 3.05) is 18.5 Å². The number of benzene rings is 1. The van der Waals surface area contributed by atoms with Crippen molar-refractivity contribution in [3.8, 4) is 0 Å². The van der Waals surface area contributed by atoms with Gasteiger partial charge in [0.05, 0.1) is 5.54 Å². The second-order valence-electron chi connectivity index (χ2n) is 4.94. The molecule has 1 fully saturated rings. The zero-order valence-corrected chi connectivity index (χ0v) is 12.4. The van der Waals surface area contributed by atoms with E-state index in [1.165, 1.54) is 12.1 Å². The van der Waals surface area contributed by atoms with E-state index in [2.05, 4.69) is 21.2 Å². The van der Waals surface area contributed by atoms with Gasteiger partial charge in [-0.15, -0.1) is 0 Å². The van der Waals surface area contributed by atoms with E-state index in [1.807, 2.05) is 0 Å². The van der Waals surface area contributed by atoms with Gasteiger partial charge in [0.2, 0.25) is 0 Å². The van der Waals surface area contributed by atoms with E-state index < -0.39 is 5.82 Å². The number of amides is 1. The van der Waals surface area contributed by atoms with Crippen molar-refractivity contribution >= 4 is 21.8 Å². The summed E-state index contributed by atoms with van der Waals surface area (Å²) in [5.74, 6) is -0.617. The zero-order valence-electron chi connectivity index (χ0n) is 10.8. The van der Waals surface area contributed by atoms with Crippen LogP contribution in [-0.4, -0.2) is 30.0 Å². The number of halogens is 2. The fourth-order valence-electron chi connectivity index (χ4n) is 2.20. The highest BCUT2D eigenvalue weighted by Crippen LogP contribution is 2.24. The third-order valence-electron chi connectivity index (χ3n) is 3.53. The SMILES string of the molecule is Cc1ccc(F)cc1C(=O)NC1(CBr)CCOCC1. The van der Waals surface area contributed by atoms with E-state index in [1.54, 1.807) is 13.0 Å². The molecule has 2 rings (SSSR count). The summed E-state index contributed by atoms with van der Waals surface area (Å²) in [5, 5.41) is 3.70. The molecule has 1 heterocycles. The highest BCUT2D eigenvalue weighted by Gasteiger charge is 2.33. The van der Waals surface area contributed by atoms with Crippen LogP contribution in [0.25, 0.3) is 0 Å². The zero-order chi connectivity index (χ0) is 13.9. The molecule has 0 unspecified atom stereocenters. The van der Waals surface area contributed by atoms with Gasteiger partial charge in [0, 0.05) is 24.1 Å². The van der Waals surface area contributed by atoms with Crippen molar-refractivity contribution in [2.45, 2.75) is 25.3 Å². The number of carbonyl (C=O) groups excluding carboxylic acids is 1. The largest absolute Gasteiger partial charge is 0.381 e. The van der Waals surface area contributed by atoms with E-state index >= 15 is 0 Å². The number of aryl methyl sites for hydroxylation is 1. The van der Waals surface area contributed by atoms with Crippen molar-refractivity contribution in [1.29, 1.82) is 0 Å². The van der Waals surface area contributed by atoms with Crippen LogP contribution in [0.2, 0.25) is 0 Å². The van der Waals surface area contributed by atoms with Crippen LogP contribution in [0.1, 0.15) is 28.8 Å². The lowest BCUT2D eigenvalue weighted by molar-refractivity contribution is 0.0441. The Bertz CT molecular complexity index is 473. The van der Waals surface area contributed by atoms with Crippen molar-refractivity contribution in [2.24, 2.45) is 0 Å². The topological polar surface area (TPSA) is 38.3 Å². The highest BCUT2D eigenvalue weighted by molar-refractivity contribution is 9.09. The molecule has 1 N–H and O–H groups in total. The maximum absolute atomic E-state index is 13.3. The summed E-state index contributed by atoms with van der Waals surface area (Å²) in [7, 11) is 0. The maximum atomic E-state index is 13.3. The van der Waals surface area contributed by atoms with Crippen LogP contribution < -0.4 is 5.32 Å². The van der Waals surface area contributed by atoms with Gasteiger partial charge >= 0.3 is 0 Å². The fraction of sp³-hybridized carbons (Fsp3) is 0.500. The Balaban J connectivity index is 2.17. The fourth-order valence-corrected chi connectivity index (χ4v) is 2.90. The van der Waals surface area contributed by atoms with Crippen LogP contribution >= 0.6 is 15.9 Å². The summed E-state index contributed by atoms with van der Waals surface area (Å²) in [6.07, 6.45) is 1.52. The number of hydrogen-bond donors (Lipinski definition) is 1. The molecule has 104 valence electrons. The summed E-state index contributed by atoms with van der Waals surface area (Å²) in [5.41, 5.74) is 0.871. The molecule has 1 aromatic rings. The number of rotatable bonds is 3. The van der Waals surface area contributed by atoms with Crippen LogP contribution in [-0.2, 0) is 4.74 Å². The highest BCUT2D eigenvalue weighted by atomic mass is 79.9. The molecule has 1 aliphatic rings. The van der Waals surface area contributed by atoms with Crippen LogP contribution in [0, 0.1) is 12.7 Å². The Morgan fingerprint density at radius 1 is 1.47 bits per heavy atom. The molecule has 3 nitrogen and oxygen atoms in total. The van der Waals surface area contributed by atoms with Gasteiger partial charge in [-0.3, -0.25) is 4.79 Å². The number of alkyl halides is 1. The second kappa shape index (κ2) is 6.01. The molecular weight excluding hydrogens is 313 g/mol. The first-order valence-corrected chi connectivity index (χ1v) is 7.41. The van der Waals surface area contributed by atoms with E-state index in [-0.39, 0.29) is 11.4 Å². The van der Waals surface area contributed by atoms with Gasteiger partial charge < -0.3 is 10.1 Å². The Kier molecular flexibility index (Phi) is 4.58. The molecule has 1 aromatic carbocycles. The summed E-state index contributed by atoms with van der Waals surface area (Å²) in [6.45, 7) is 3.07. The lowest BCUT2D eigenvalue weighted by Gasteiger charge is -2.36. The number of nitrogens with one attached hydrogen (secondary N) is 1. The molecule has 0 aromatic heterocycles. The monoisotopic (exact) mass is 329 g/mol. The van der Waals surface area contributed by atoms with Crippen LogP contribution in [0.15, 0.2) is 18.2 Å². The number of hydrogen-bond acceptors (Lipinski definition) is 2. The van der Waals surface area contributed by atoms with Crippen LogP contribution in [0.3, 0.4) is 0 Å². The standard InChI is InChI=1S/C14H17BrFNO2/c1-10-2-3-11(16)8-12(10)13(18)17-14(9-15)4-6-19-7-5-14/h2-3,8H,4-7,9H2,1H3,(H,17,18). The van der Waals surface area contributed by atoms with Crippen molar-refractivity contribution in [1.82, 2.24) is 5.32 Å². The molecule has 0 atom stereocenters.